The molecule has 8 nitrogen and oxygen atoms in total. The largest absolute Gasteiger partial charge is 0.382 e. The zero-order valence-electron chi connectivity index (χ0n) is 21.9. The van der Waals surface area contributed by atoms with Crippen molar-refractivity contribution >= 4 is 33.8 Å². The van der Waals surface area contributed by atoms with Crippen LogP contribution in [0.1, 0.15) is 32.0 Å². The van der Waals surface area contributed by atoms with Crippen molar-refractivity contribution in [3.63, 3.8) is 0 Å². The minimum absolute atomic E-state index is 0.111. The van der Waals surface area contributed by atoms with Crippen molar-refractivity contribution in [2.75, 3.05) is 18.8 Å². The number of benzene rings is 2. The topological polar surface area (TPSA) is 110 Å². The molecule has 4 N–H and O–H groups in total. The normalized spacial score (nSPS) is 15.3. The van der Waals surface area contributed by atoms with Gasteiger partial charge in [-0.15, -0.1) is 0 Å². The molecule has 2 amide bonds. The summed E-state index contributed by atoms with van der Waals surface area (Å²) in [5.41, 5.74) is 13.0. The van der Waals surface area contributed by atoms with Gasteiger partial charge in [-0.05, 0) is 49.8 Å². The quantitative estimate of drug-likeness (QED) is 0.268. The van der Waals surface area contributed by atoms with Crippen molar-refractivity contribution in [3.8, 4) is 22.5 Å². The Morgan fingerprint density at radius 2 is 1.90 bits per heavy atom. The van der Waals surface area contributed by atoms with E-state index in [1.54, 1.807) is 6.20 Å². The number of urea groups is 1. The molecule has 1 aliphatic carbocycles. The van der Waals surface area contributed by atoms with Crippen molar-refractivity contribution in [2.24, 2.45) is 5.92 Å². The van der Waals surface area contributed by atoms with Crippen molar-refractivity contribution in [3.05, 3.63) is 85.0 Å². The van der Waals surface area contributed by atoms with Crippen LogP contribution in [-0.2, 0) is 0 Å². The van der Waals surface area contributed by atoms with Crippen LogP contribution < -0.4 is 16.4 Å². The summed E-state index contributed by atoms with van der Waals surface area (Å²) in [6, 6.07) is 20.5. The van der Waals surface area contributed by atoms with Gasteiger partial charge in [0, 0.05) is 42.0 Å². The highest BCUT2D eigenvalue weighted by Crippen LogP contribution is 2.35. The van der Waals surface area contributed by atoms with E-state index in [1.807, 2.05) is 31.3 Å². The number of imidazole rings is 1. The minimum atomic E-state index is -0.111. The second kappa shape index (κ2) is 10.6. The molecule has 0 saturated heterocycles. The molecule has 0 saturated carbocycles. The molecular formula is C31H31N7O. The molecule has 3 heterocycles. The maximum Gasteiger partial charge on any atom is 0.314 e. The monoisotopic (exact) mass is 517 g/mol. The van der Waals surface area contributed by atoms with Crippen LogP contribution in [0.2, 0.25) is 0 Å². The number of pyridine rings is 1. The lowest BCUT2D eigenvalue weighted by Gasteiger charge is -2.22. The molecule has 196 valence electrons. The summed E-state index contributed by atoms with van der Waals surface area (Å²) in [4.78, 5) is 26.2. The Hall–Kier alpha value is -4.72. The summed E-state index contributed by atoms with van der Waals surface area (Å²) in [6.07, 6.45) is 8.63. The van der Waals surface area contributed by atoms with E-state index in [4.69, 9.17) is 15.7 Å². The minimum Gasteiger partial charge on any atom is -0.382 e. The SMILES string of the molecule is CCNC(=O)NC[C@H]1CC=C(c2nc(-c3ccc4ccc(-c5ccccc5)nc4c3)c3c(N)nccn23)CC1. The Labute approximate surface area is 227 Å². The van der Waals surface area contributed by atoms with E-state index in [0.717, 1.165) is 64.0 Å². The fourth-order valence-corrected chi connectivity index (χ4v) is 5.26. The number of nitrogens with one attached hydrogen (secondary N) is 2. The Morgan fingerprint density at radius 3 is 2.69 bits per heavy atom. The second-order valence-electron chi connectivity index (χ2n) is 9.90. The number of hydrogen-bond acceptors (Lipinski definition) is 5. The highest BCUT2D eigenvalue weighted by atomic mass is 16.2. The first-order chi connectivity index (χ1) is 19.1. The van der Waals surface area contributed by atoms with E-state index < -0.39 is 0 Å². The van der Waals surface area contributed by atoms with Crippen LogP contribution in [0, 0.1) is 5.92 Å². The second-order valence-corrected chi connectivity index (χ2v) is 9.90. The molecule has 6 rings (SSSR count). The van der Waals surface area contributed by atoms with Crippen molar-refractivity contribution in [1.29, 1.82) is 0 Å². The third-order valence-electron chi connectivity index (χ3n) is 7.31. The molecule has 0 aliphatic heterocycles. The van der Waals surface area contributed by atoms with Gasteiger partial charge < -0.3 is 16.4 Å². The Balaban J connectivity index is 1.35. The Morgan fingerprint density at radius 1 is 1.05 bits per heavy atom. The number of rotatable bonds is 6. The van der Waals surface area contributed by atoms with Crippen molar-refractivity contribution in [1.82, 2.24) is 30.0 Å². The molecule has 0 spiro atoms. The molecule has 1 aliphatic rings. The lowest BCUT2D eigenvalue weighted by Crippen LogP contribution is -2.38. The average Bonchev–Trinajstić information content (AvgIpc) is 3.37. The number of anilines is 1. The van der Waals surface area contributed by atoms with E-state index in [0.29, 0.717) is 24.8 Å². The lowest BCUT2D eigenvalue weighted by atomic mass is 9.89. The van der Waals surface area contributed by atoms with Crippen LogP contribution in [0.5, 0.6) is 0 Å². The summed E-state index contributed by atoms with van der Waals surface area (Å²) >= 11 is 0. The average molecular weight is 518 g/mol. The number of aromatic nitrogens is 4. The van der Waals surface area contributed by atoms with Gasteiger partial charge >= 0.3 is 6.03 Å². The number of hydrogen-bond donors (Lipinski definition) is 3. The van der Waals surface area contributed by atoms with Gasteiger partial charge in [0.2, 0.25) is 0 Å². The van der Waals surface area contributed by atoms with E-state index in [9.17, 15) is 4.79 Å². The number of allylic oxidation sites excluding steroid dienone is 2. The molecule has 0 fully saturated rings. The van der Waals surface area contributed by atoms with E-state index in [1.165, 1.54) is 5.57 Å². The predicted octanol–water partition coefficient (Wildman–Crippen LogP) is 5.70. The smallest absolute Gasteiger partial charge is 0.314 e. The van der Waals surface area contributed by atoms with Gasteiger partial charge in [0.1, 0.15) is 22.9 Å². The first-order valence-electron chi connectivity index (χ1n) is 13.4. The molecule has 8 heteroatoms. The lowest BCUT2D eigenvalue weighted by molar-refractivity contribution is 0.239. The van der Waals surface area contributed by atoms with Gasteiger partial charge in [0.25, 0.3) is 0 Å². The molecule has 0 bridgehead atoms. The van der Waals surface area contributed by atoms with Crippen molar-refractivity contribution < 1.29 is 4.79 Å². The Bertz CT molecular complexity index is 1690. The third kappa shape index (κ3) is 4.93. The predicted molar refractivity (Wildman–Crippen MR) is 156 cm³/mol. The van der Waals surface area contributed by atoms with Gasteiger partial charge in [0.05, 0.1) is 11.2 Å². The van der Waals surface area contributed by atoms with Gasteiger partial charge in [-0.1, -0.05) is 54.6 Å². The molecule has 39 heavy (non-hydrogen) atoms. The van der Waals surface area contributed by atoms with E-state index in [2.05, 4.69) is 68.6 Å². The van der Waals surface area contributed by atoms with Crippen LogP contribution >= 0.6 is 0 Å². The van der Waals surface area contributed by atoms with Crippen LogP contribution in [0.15, 0.2) is 79.1 Å². The first kappa shape index (κ1) is 24.6. The number of carbonyl (C=O) groups is 1. The zero-order chi connectivity index (χ0) is 26.8. The molecular weight excluding hydrogens is 486 g/mol. The standard InChI is InChI=1S/C31H31N7O/c1-2-33-31(39)35-19-20-8-10-23(11-9-20)30-37-27(28-29(32)34-16-17-38(28)30)24-13-12-22-14-15-25(36-26(22)18-24)21-6-4-3-5-7-21/h3-7,10,12-18,20H,2,8-9,11,19H2,1H3,(H2,32,34)(H2,33,35,39)/t20-/m0/s1. The summed E-state index contributed by atoms with van der Waals surface area (Å²) < 4.78 is 2.05. The zero-order valence-corrected chi connectivity index (χ0v) is 21.9. The Kier molecular flexibility index (Phi) is 6.67. The van der Waals surface area contributed by atoms with Crippen LogP contribution in [0.25, 0.3) is 44.5 Å². The van der Waals surface area contributed by atoms with Crippen LogP contribution in [-0.4, -0.2) is 38.5 Å². The maximum atomic E-state index is 11.8. The highest BCUT2D eigenvalue weighted by molar-refractivity contribution is 5.92. The molecule has 1 atom stereocenters. The van der Waals surface area contributed by atoms with Crippen molar-refractivity contribution in [2.45, 2.75) is 26.2 Å². The number of nitrogens with zero attached hydrogens (tertiary/aromatic N) is 4. The third-order valence-corrected chi connectivity index (χ3v) is 7.31. The number of nitrogens with two attached hydrogens (primary N) is 1. The van der Waals surface area contributed by atoms with Crippen LogP contribution in [0.3, 0.4) is 0 Å². The van der Waals surface area contributed by atoms with E-state index in [-0.39, 0.29) is 6.03 Å². The molecule has 3 aromatic heterocycles. The van der Waals surface area contributed by atoms with Gasteiger partial charge in [0.15, 0.2) is 0 Å². The summed E-state index contributed by atoms with van der Waals surface area (Å²) in [5, 5.41) is 6.82. The number of fused-ring (bicyclic) bond motifs is 2. The van der Waals surface area contributed by atoms with Gasteiger partial charge in [-0.25, -0.2) is 19.7 Å². The van der Waals surface area contributed by atoms with E-state index >= 15 is 0 Å². The summed E-state index contributed by atoms with van der Waals surface area (Å²) in [7, 11) is 0. The number of amides is 2. The highest BCUT2D eigenvalue weighted by Gasteiger charge is 2.22. The molecule has 2 aromatic carbocycles. The number of nitrogen functional groups attached to an aromatic ring is 1. The summed E-state index contributed by atoms with van der Waals surface area (Å²) in [6.45, 7) is 3.20. The fraction of sp³-hybridized carbons (Fsp3) is 0.226. The fourth-order valence-electron chi connectivity index (χ4n) is 5.26. The molecule has 0 radical (unpaired) electrons. The summed E-state index contributed by atoms with van der Waals surface area (Å²) in [5.74, 6) is 1.73. The van der Waals surface area contributed by atoms with Crippen LogP contribution in [0.4, 0.5) is 10.6 Å². The molecule has 0 unspecified atom stereocenters. The molecule has 5 aromatic rings. The first-order valence-corrected chi connectivity index (χ1v) is 13.4. The van der Waals surface area contributed by atoms with Gasteiger partial charge in [-0.2, -0.15) is 0 Å². The van der Waals surface area contributed by atoms with Gasteiger partial charge in [-0.3, -0.25) is 4.40 Å². The number of carbonyl (C=O) groups excluding carboxylic acids is 1. The maximum absolute atomic E-state index is 11.8.